The van der Waals surface area contributed by atoms with Crippen LogP contribution in [0.15, 0.2) is 58.9 Å². The second-order valence-electron chi connectivity index (χ2n) is 8.29. The number of allylic oxidation sites excluding steroid dienone is 1. The van der Waals surface area contributed by atoms with Gasteiger partial charge in [-0.05, 0) is 74.2 Å². The number of aromatic nitrogens is 1. The number of nitrogens with zero attached hydrogens (tertiary/aromatic N) is 3. The lowest BCUT2D eigenvalue weighted by molar-refractivity contribution is -0.122. The van der Waals surface area contributed by atoms with Gasteiger partial charge in [-0.1, -0.05) is 29.0 Å². The molecule has 0 radical (unpaired) electrons. The number of hydrogen-bond donors (Lipinski definition) is 0. The molecule has 1 saturated heterocycles. The SMILES string of the molecule is C=CCn1c(=NC(=O)C2CCCN(S(=O)(=O)c3ccc(Cl)cc3)C2)sc2cc(C)c(C)cc21. The molecule has 0 bridgehead atoms. The summed E-state index contributed by atoms with van der Waals surface area (Å²) in [5.74, 6) is -0.768. The molecule has 4 rings (SSSR count). The van der Waals surface area contributed by atoms with E-state index in [0.29, 0.717) is 35.8 Å². The van der Waals surface area contributed by atoms with E-state index < -0.39 is 15.9 Å². The van der Waals surface area contributed by atoms with Crippen LogP contribution >= 0.6 is 22.9 Å². The maximum atomic E-state index is 13.2. The molecule has 0 spiro atoms. The standard InChI is InChI=1S/C24H26ClN3O3S2/c1-4-11-28-21-13-16(2)17(3)14-22(21)32-24(28)26-23(29)18-6-5-12-27(15-18)33(30,31)20-9-7-19(25)8-10-20/h4,7-10,13-14,18H,1,5-6,11-12,15H2,2-3H3. The minimum atomic E-state index is -3.70. The fourth-order valence-corrected chi connectivity index (χ4v) is 6.79. The van der Waals surface area contributed by atoms with Crippen LogP contribution in [-0.2, 0) is 21.4 Å². The van der Waals surface area contributed by atoms with Gasteiger partial charge in [0.25, 0.3) is 5.91 Å². The summed E-state index contributed by atoms with van der Waals surface area (Å²) in [6.07, 6.45) is 3.00. The van der Waals surface area contributed by atoms with Crippen LogP contribution in [0.2, 0.25) is 5.02 Å². The van der Waals surface area contributed by atoms with E-state index in [0.717, 1.165) is 10.2 Å². The summed E-state index contributed by atoms with van der Waals surface area (Å²) >= 11 is 7.37. The first-order chi connectivity index (χ1) is 15.7. The summed E-state index contributed by atoms with van der Waals surface area (Å²) in [4.78, 5) is 18.4. The number of halogens is 1. The summed E-state index contributed by atoms with van der Waals surface area (Å²) in [6, 6.07) is 10.3. The smallest absolute Gasteiger partial charge is 0.252 e. The second-order valence-corrected chi connectivity index (χ2v) is 11.7. The average molecular weight is 504 g/mol. The molecule has 2 heterocycles. The van der Waals surface area contributed by atoms with Crippen molar-refractivity contribution in [3.05, 3.63) is 70.0 Å². The molecule has 0 aliphatic carbocycles. The van der Waals surface area contributed by atoms with E-state index in [1.807, 2.05) is 4.57 Å². The van der Waals surface area contributed by atoms with Crippen LogP contribution in [0.4, 0.5) is 0 Å². The third-order valence-corrected chi connectivity index (χ3v) is 9.17. The highest BCUT2D eigenvalue weighted by Gasteiger charge is 2.33. The normalized spacial score (nSPS) is 18.0. The Morgan fingerprint density at radius 3 is 2.64 bits per heavy atom. The van der Waals surface area contributed by atoms with Crippen LogP contribution < -0.4 is 4.80 Å². The first kappa shape index (κ1) is 23.9. The molecule has 33 heavy (non-hydrogen) atoms. The molecule has 174 valence electrons. The maximum Gasteiger partial charge on any atom is 0.252 e. The number of rotatable bonds is 5. The predicted octanol–water partition coefficient (Wildman–Crippen LogP) is 4.69. The molecule has 0 saturated carbocycles. The maximum absolute atomic E-state index is 13.2. The van der Waals surface area contributed by atoms with Crippen LogP contribution in [-0.4, -0.2) is 36.3 Å². The van der Waals surface area contributed by atoms with E-state index in [1.165, 1.54) is 38.9 Å². The number of aryl methyl sites for hydroxylation is 2. The number of piperidine rings is 1. The fourth-order valence-electron chi connectivity index (χ4n) is 4.02. The Kier molecular flexibility index (Phi) is 6.91. The van der Waals surface area contributed by atoms with Crippen LogP contribution in [0.5, 0.6) is 0 Å². The van der Waals surface area contributed by atoms with Gasteiger partial charge in [0.05, 0.1) is 21.0 Å². The number of amides is 1. The first-order valence-corrected chi connectivity index (χ1v) is 13.4. The van der Waals surface area contributed by atoms with Gasteiger partial charge in [-0.2, -0.15) is 9.30 Å². The van der Waals surface area contributed by atoms with Crippen molar-refractivity contribution >= 4 is 49.1 Å². The first-order valence-electron chi connectivity index (χ1n) is 10.8. The number of fused-ring (bicyclic) bond motifs is 1. The highest BCUT2D eigenvalue weighted by atomic mass is 35.5. The lowest BCUT2D eigenvalue weighted by Gasteiger charge is -2.30. The summed E-state index contributed by atoms with van der Waals surface area (Å²) in [6.45, 7) is 9.00. The third kappa shape index (κ3) is 4.84. The minimum Gasteiger partial charge on any atom is -0.312 e. The zero-order chi connectivity index (χ0) is 23.8. The zero-order valence-corrected chi connectivity index (χ0v) is 21.0. The predicted molar refractivity (Wildman–Crippen MR) is 133 cm³/mol. The quantitative estimate of drug-likeness (QED) is 0.474. The van der Waals surface area contributed by atoms with Gasteiger partial charge in [0.15, 0.2) is 4.80 Å². The van der Waals surface area contributed by atoms with E-state index in [2.05, 4.69) is 37.6 Å². The largest absolute Gasteiger partial charge is 0.312 e. The molecule has 1 aliphatic rings. The van der Waals surface area contributed by atoms with Gasteiger partial charge in [0, 0.05) is 24.7 Å². The lowest BCUT2D eigenvalue weighted by Crippen LogP contribution is -2.42. The van der Waals surface area contributed by atoms with Gasteiger partial charge in [-0.15, -0.1) is 6.58 Å². The molecule has 3 aromatic rings. The molecule has 1 fully saturated rings. The van der Waals surface area contributed by atoms with Crippen LogP contribution in [0, 0.1) is 19.8 Å². The Morgan fingerprint density at radius 2 is 1.94 bits per heavy atom. The van der Waals surface area contributed by atoms with Crippen molar-refractivity contribution in [3.8, 4) is 0 Å². The molecule has 6 nitrogen and oxygen atoms in total. The fraction of sp³-hybridized carbons (Fsp3) is 0.333. The third-order valence-electron chi connectivity index (χ3n) is 6.00. The lowest BCUT2D eigenvalue weighted by atomic mass is 9.99. The number of thiazole rings is 1. The zero-order valence-electron chi connectivity index (χ0n) is 18.6. The van der Waals surface area contributed by atoms with Crippen molar-refractivity contribution in [3.63, 3.8) is 0 Å². The van der Waals surface area contributed by atoms with Crippen molar-refractivity contribution in [1.29, 1.82) is 0 Å². The molecule has 0 N–H and O–H groups in total. The molecule has 2 aromatic carbocycles. The average Bonchev–Trinajstić information content (AvgIpc) is 3.10. The van der Waals surface area contributed by atoms with Gasteiger partial charge < -0.3 is 4.57 Å². The monoisotopic (exact) mass is 503 g/mol. The molecule has 1 amide bonds. The Bertz CT molecular complexity index is 1390. The highest BCUT2D eigenvalue weighted by molar-refractivity contribution is 7.89. The van der Waals surface area contributed by atoms with E-state index >= 15 is 0 Å². The molecule has 1 unspecified atom stereocenters. The van der Waals surface area contributed by atoms with E-state index in [4.69, 9.17) is 11.6 Å². The Labute approximate surface area is 202 Å². The van der Waals surface area contributed by atoms with E-state index in [-0.39, 0.29) is 17.3 Å². The Hall–Kier alpha value is -2.26. The van der Waals surface area contributed by atoms with Crippen molar-refractivity contribution < 1.29 is 13.2 Å². The van der Waals surface area contributed by atoms with Crippen LogP contribution in [0.3, 0.4) is 0 Å². The molecular weight excluding hydrogens is 478 g/mol. The van der Waals surface area contributed by atoms with E-state index in [1.54, 1.807) is 18.2 Å². The molecule has 1 aliphatic heterocycles. The topological polar surface area (TPSA) is 71.7 Å². The number of benzene rings is 2. The minimum absolute atomic E-state index is 0.123. The van der Waals surface area contributed by atoms with Crippen LogP contribution in [0.25, 0.3) is 10.2 Å². The van der Waals surface area contributed by atoms with Gasteiger partial charge in [-0.3, -0.25) is 4.79 Å². The highest BCUT2D eigenvalue weighted by Crippen LogP contribution is 2.26. The molecular formula is C24H26ClN3O3S2. The molecule has 9 heteroatoms. The van der Waals surface area contributed by atoms with Gasteiger partial charge in [0.2, 0.25) is 10.0 Å². The van der Waals surface area contributed by atoms with Crippen molar-refractivity contribution in [2.45, 2.75) is 38.1 Å². The van der Waals surface area contributed by atoms with Gasteiger partial charge >= 0.3 is 0 Å². The van der Waals surface area contributed by atoms with Crippen molar-refractivity contribution in [2.24, 2.45) is 10.9 Å². The summed E-state index contributed by atoms with van der Waals surface area (Å²) in [5, 5.41) is 0.473. The summed E-state index contributed by atoms with van der Waals surface area (Å²) in [7, 11) is -3.70. The Morgan fingerprint density at radius 1 is 1.24 bits per heavy atom. The second kappa shape index (κ2) is 9.54. The van der Waals surface area contributed by atoms with Gasteiger partial charge in [-0.25, -0.2) is 8.42 Å². The van der Waals surface area contributed by atoms with Crippen molar-refractivity contribution in [2.75, 3.05) is 13.1 Å². The van der Waals surface area contributed by atoms with Crippen molar-refractivity contribution in [1.82, 2.24) is 8.87 Å². The number of hydrogen-bond acceptors (Lipinski definition) is 4. The van der Waals surface area contributed by atoms with E-state index in [9.17, 15) is 13.2 Å². The van der Waals surface area contributed by atoms with Gasteiger partial charge in [0.1, 0.15) is 0 Å². The number of sulfonamides is 1. The molecule has 1 atom stereocenters. The molecule has 1 aromatic heterocycles. The Balaban J connectivity index is 1.64. The number of carbonyl (C=O) groups is 1. The summed E-state index contributed by atoms with van der Waals surface area (Å²) < 4.78 is 30.6. The summed E-state index contributed by atoms with van der Waals surface area (Å²) in [5.41, 5.74) is 3.37. The van der Waals surface area contributed by atoms with Crippen LogP contribution in [0.1, 0.15) is 24.0 Å². The number of carbonyl (C=O) groups excluding carboxylic acids is 1.